The molecule has 3 heteroatoms. The maximum atomic E-state index is 3.52. The predicted molar refractivity (Wildman–Crippen MR) is 72.8 cm³/mol. The Morgan fingerprint density at radius 1 is 1.25 bits per heavy atom. The van der Waals surface area contributed by atoms with Crippen LogP contribution in [0.15, 0.2) is 15.9 Å². The lowest BCUT2D eigenvalue weighted by Gasteiger charge is -2.52. The molecule has 2 aliphatic rings. The first-order chi connectivity index (χ1) is 7.76. The van der Waals surface area contributed by atoms with Gasteiger partial charge in [-0.2, -0.15) is 0 Å². The van der Waals surface area contributed by atoms with Gasteiger partial charge in [0.2, 0.25) is 0 Å². The van der Waals surface area contributed by atoms with Gasteiger partial charge in [-0.05, 0) is 40.3 Å². The van der Waals surface area contributed by atoms with Gasteiger partial charge in [0.1, 0.15) is 0 Å². The van der Waals surface area contributed by atoms with E-state index in [9.17, 15) is 0 Å². The van der Waals surface area contributed by atoms with Gasteiger partial charge in [0.05, 0.1) is 0 Å². The van der Waals surface area contributed by atoms with Crippen molar-refractivity contribution in [2.24, 2.45) is 5.41 Å². The minimum absolute atomic E-state index is 0.729. The summed E-state index contributed by atoms with van der Waals surface area (Å²) in [4.78, 5) is 4.11. The maximum Gasteiger partial charge on any atom is 0.0328 e. The van der Waals surface area contributed by atoms with Crippen molar-refractivity contribution in [3.05, 3.63) is 20.8 Å². The fraction of sp³-hybridized carbons (Fsp3) is 0.692. The molecule has 1 aromatic heterocycles. The number of halogens is 1. The molecule has 0 unspecified atom stereocenters. The van der Waals surface area contributed by atoms with E-state index in [4.69, 9.17) is 0 Å². The normalized spacial score (nSPS) is 24.6. The van der Waals surface area contributed by atoms with Gasteiger partial charge in [0.15, 0.2) is 0 Å². The highest BCUT2D eigenvalue weighted by Gasteiger charge is 2.42. The van der Waals surface area contributed by atoms with Crippen molar-refractivity contribution in [1.82, 2.24) is 4.90 Å². The minimum atomic E-state index is 0.729. The largest absolute Gasteiger partial charge is 0.297 e. The molecule has 1 saturated carbocycles. The van der Waals surface area contributed by atoms with Crippen LogP contribution in [0.2, 0.25) is 0 Å². The number of hydrogen-bond donors (Lipinski definition) is 0. The van der Waals surface area contributed by atoms with Crippen LogP contribution in [0.3, 0.4) is 0 Å². The Morgan fingerprint density at radius 3 is 2.62 bits per heavy atom. The van der Waals surface area contributed by atoms with Crippen molar-refractivity contribution in [2.75, 3.05) is 13.1 Å². The Balaban J connectivity index is 1.53. The lowest BCUT2D eigenvalue weighted by atomic mass is 9.69. The number of thiophene rings is 1. The van der Waals surface area contributed by atoms with Crippen LogP contribution in [-0.4, -0.2) is 18.0 Å². The molecular weight excluding hydrogens is 282 g/mol. The Labute approximate surface area is 110 Å². The quantitative estimate of drug-likeness (QED) is 0.788. The molecule has 16 heavy (non-hydrogen) atoms. The van der Waals surface area contributed by atoms with Gasteiger partial charge in [-0.25, -0.2) is 0 Å². The average Bonchev–Trinajstić information content (AvgIpc) is 2.63. The highest BCUT2D eigenvalue weighted by Crippen LogP contribution is 2.44. The Morgan fingerprint density at radius 2 is 2.00 bits per heavy atom. The topological polar surface area (TPSA) is 3.24 Å². The fourth-order valence-electron chi connectivity index (χ4n) is 3.29. The van der Waals surface area contributed by atoms with Gasteiger partial charge in [0.25, 0.3) is 0 Å². The van der Waals surface area contributed by atoms with E-state index < -0.39 is 0 Å². The number of rotatable bonds is 2. The monoisotopic (exact) mass is 299 g/mol. The second-order valence-corrected chi connectivity index (χ2v) is 7.35. The van der Waals surface area contributed by atoms with Gasteiger partial charge < -0.3 is 0 Å². The van der Waals surface area contributed by atoms with Crippen LogP contribution in [-0.2, 0) is 6.54 Å². The number of likely N-dealkylation sites (tertiary alicyclic amines) is 1. The first kappa shape index (κ1) is 11.2. The standard InChI is InChI=1S/C13H18BrNS/c14-11-6-12(16-8-11)7-15-9-13(10-15)4-2-1-3-5-13/h6,8H,1-5,7,9-10H2. The van der Waals surface area contributed by atoms with E-state index in [1.165, 1.54) is 54.5 Å². The van der Waals surface area contributed by atoms with Crippen LogP contribution in [0, 0.1) is 5.41 Å². The number of nitrogens with zero attached hydrogens (tertiary/aromatic N) is 1. The third kappa shape index (κ3) is 2.22. The van der Waals surface area contributed by atoms with E-state index in [1.807, 2.05) is 11.3 Å². The van der Waals surface area contributed by atoms with E-state index in [-0.39, 0.29) is 0 Å². The summed E-state index contributed by atoms with van der Waals surface area (Å²) >= 11 is 5.40. The molecular formula is C13H18BrNS. The Bertz CT molecular complexity index is 360. The van der Waals surface area contributed by atoms with Crippen molar-refractivity contribution >= 4 is 27.3 Å². The van der Waals surface area contributed by atoms with Gasteiger partial charge in [-0.1, -0.05) is 19.3 Å². The second-order valence-electron chi connectivity index (χ2n) is 5.44. The summed E-state index contributed by atoms with van der Waals surface area (Å²) < 4.78 is 1.24. The zero-order chi connectivity index (χ0) is 11.0. The van der Waals surface area contributed by atoms with E-state index in [1.54, 1.807) is 0 Å². The molecule has 1 aromatic rings. The summed E-state index contributed by atoms with van der Waals surface area (Å²) in [5.74, 6) is 0. The molecule has 88 valence electrons. The summed E-state index contributed by atoms with van der Waals surface area (Å²) in [6.07, 6.45) is 7.38. The molecule has 0 bridgehead atoms. The zero-order valence-electron chi connectivity index (χ0n) is 9.54. The van der Waals surface area contributed by atoms with Crippen molar-refractivity contribution in [1.29, 1.82) is 0 Å². The van der Waals surface area contributed by atoms with Crippen molar-refractivity contribution < 1.29 is 0 Å². The van der Waals surface area contributed by atoms with E-state index >= 15 is 0 Å². The van der Waals surface area contributed by atoms with Crippen molar-refractivity contribution in [3.8, 4) is 0 Å². The van der Waals surface area contributed by atoms with Gasteiger partial charge in [-0.15, -0.1) is 11.3 Å². The van der Waals surface area contributed by atoms with Crippen LogP contribution in [0.1, 0.15) is 37.0 Å². The molecule has 1 aliphatic carbocycles. The molecule has 1 spiro atoms. The lowest BCUT2D eigenvalue weighted by Crippen LogP contribution is -2.56. The van der Waals surface area contributed by atoms with Crippen LogP contribution >= 0.6 is 27.3 Å². The first-order valence-corrected chi connectivity index (χ1v) is 7.88. The molecule has 1 nitrogen and oxygen atoms in total. The van der Waals surface area contributed by atoms with E-state index in [2.05, 4.69) is 32.3 Å². The van der Waals surface area contributed by atoms with Crippen molar-refractivity contribution in [3.63, 3.8) is 0 Å². The fourth-order valence-corrected chi connectivity index (χ4v) is 4.78. The summed E-state index contributed by atoms with van der Waals surface area (Å²) in [6.45, 7) is 3.86. The smallest absolute Gasteiger partial charge is 0.0328 e. The Hall–Kier alpha value is 0.140. The van der Waals surface area contributed by atoms with Gasteiger partial charge in [0, 0.05) is 34.4 Å². The van der Waals surface area contributed by atoms with Crippen LogP contribution in [0.25, 0.3) is 0 Å². The third-order valence-corrected chi connectivity index (χ3v) is 5.72. The highest BCUT2D eigenvalue weighted by atomic mass is 79.9. The molecule has 0 amide bonds. The molecule has 0 atom stereocenters. The van der Waals surface area contributed by atoms with E-state index in [0.29, 0.717) is 0 Å². The third-order valence-electron chi connectivity index (χ3n) is 4.03. The molecule has 1 saturated heterocycles. The molecule has 2 fully saturated rings. The zero-order valence-corrected chi connectivity index (χ0v) is 11.9. The van der Waals surface area contributed by atoms with Gasteiger partial charge >= 0.3 is 0 Å². The predicted octanol–water partition coefficient (Wildman–Crippen LogP) is 4.28. The summed E-state index contributed by atoms with van der Waals surface area (Å²) in [7, 11) is 0. The highest BCUT2D eigenvalue weighted by molar-refractivity contribution is 9.10. The molecule has 0 radical (unpaired) electrons. The number of hydrogen-bond acceptors (Lipinski definition) is 2. The summed E-state index contributed by atoms with van der Waals surface area (Å²) in [5.41, 5.74) is 0.729. The van der Waals surface area contributed by atoms with Crippen LogP contribution in [0.4, 0.5) is 0 Å². The van der Waals surface area contributed by atoms with E-state index in [0.717, 1.165) is 12.0 Å². The van der Waals surface area contributed by atoms with Crippen molar-refractivity contribution in [2.45, 2.75) is 38.6 Å². The summed E-state index contributed by atoms with van der Waals surface area (Å²) in [6, 6.07) is 2.26. The molecule has 0 N–H and O–H groups in total. The Kier molecular flexibility index (Phi) is 3.11. The SMILES string of the molecule is Brc1csc(CN2CC3(CCCCC3)C2)c1. The molecule has 0 aromatic carbocycles. The van der Waals surface area contributed by atoms with Crippen LogP contribution in [0.5, 0.6) is 0 Å². The first-order valence-electron chi connectivity index (χ1n) is 6.21. The maximum absolute atomic E-state index is 3.52. The summed E-state index contributed by atoms with van der Waals surface area (Å²) in [5, 5.41) is 2.19. The van der Waals surface area contributed by atoms with Gasteiger partial charge in [-0.3, -0.25) is 4.90 Å². The minimum Gasteiger partial charge on any atom is -0.297 e. The van der Waals surface area contributed by atoms with Crippen LogP contribution < -0.4 is 0 Å². The average molecular weight is 300 g/mol. The molecule has 3 rings (SSSR count). The second kappa shape index (κ2) is 4.43. The molecule has 2 heterocycles. The molecule has 1 aliphatic heterocycles. The lowest BCUT2D eigenvalue weighted by molar-refractivity contribution is -0.0326.